The molecule has 5 nitrogen and oxygen atoms in total. The van der Waals surface area contributed by atoms with Crippen molar-refractivity contribution >= 4 is 22.6 Å². The number of carbonyl (C=O) groups excluding carboxylic acids is 1. The maximum absolute atomic E-state index is 12.6. The summed E-state index contributed by atoms with van der Waals surface area (Å²) in [4.78, 5) is 21.5. The summed E-state index contributed by atoms with van der Waals surface area (Å²) in [5.74, 6) is 2.19. The van der Waals surface area contributed by atoms with Crippen LogP contribution in [0.2, 0.25) is 0 Å². The number of para-hydroxylation sites is 1. The number of pyridine rings is 1. The summed E-state index contributed by atoms with van der Waals surface area (Å²) in [5, 5.41) is 1.14. The molecular formula is C24H27N3O2. The fourth-order valence-corrected chi connectivity index (χ4v) is 3.62. The molecule has 1 aliphatic rings. The molecule has 4 rings (SSSR count). The van der Waals surface area contributed by atoms with Gasteiger partial charge in [-0.05, 0) is 41.8 Å². The van der Waals surface area contributed by atoms with Crippen LogP contribution >= 0.6 is 0 Å². The molecule has 1 aromatic heterocycles. The van der Waals surface area contributed by atoms with Crippen LogP contribution in [0.3, 0.4) is 0 Å². The van der Waals surface area contributed by atoms with Gasteiger partial charge in [-0.1, -0.05) is 44.2 Å². The number of nitrogens with zero attached hydrogens (tertiary/aromatic N) is 3. The van der Waals surface area contributed by atoms with E-state index in [1.54, 1.807) is 0 Å². The van der Waals surface area contributed by atoms with Crippen LogP contribution in [-0.2, 0) is 4.79 Å². The first kappa shape index (κ1) is 19.2. The lowest BCUT2D eigenvalue weighted by Crippen LogP contribution is -2.50. The zero-order chi connectivity index (χ0) is 20.2. The number of carbonyl (C=O) groups is 1. The summed E-state index contributed by atoms with van der Waals surface area (Å²) in [6.07, 6.45) is 0. The van der Waals surface area contributed by atoms with Crippen molar-refractivity contribution in [2.24, 2.45) is 0 Å². The third-order valence-corrected chi connectivity index (χ3v) is 5.43. The zero-order valence-electron chi connectivity index (χ0n) is 17.0. The first-order valence-electron chi connectivity index (χ1n) is 10.2. The van der Waals surface area contributed by atoms with E-state index in [4.69, 9.17) is 9.72 Å². The highest BCUT2D eigenvalue weighted by Crippen LogP contribution is 2.21. The molecule has 29 heavy (non-hydrogen) atoms. The zero-order valence-corrected chi connectivity index (χ0v) is 17.0. The van der Waals surface area contributed by atoms with Crippen molar-refractivity contribution in [3.05, 3.63) is 66.2 Å². The second-order valence-corrected chi connectivity index (χ2v) is 7.75. The van der Waals surface area contributed by atoms with Crippen molar-refractivity contribution in [1.29, 1.82) is 0 Å². The number of aromatic nitrogens is 1. The highest BCUT2D eigenvalue weighted by atomic mass is 16.5. The van der Waals surface area contributed by atoms with Gasteiger partial charge in [0.15, 0.2) is 6.61 Å². The van der Waals surface area contributed by atoms with E-state index in [1.165, 1.54) is 5.56 Å². The number of piperazine rings is 1. The molecule has 1 aliphatic heterocycles. The van der Waals surface area contributed by atoms with Crippen LogP contribution in [0.15, 0.2) is 60.7 Å². The quantitative estimate of drug-likeness (QED) is 0.659. The summed E-state index contributed by atoms with van der Waals surface area (Å²) in [7, 11) is 0. The van der Waals surface area contributed by atoms with Gasteiger partial charge >= 0.3 is 0 Å². The molecule has 3 aromatic rings. The molecule has 0 aliphatic carbocycles. The van der Waals surface area contributed by atoms with Gasteiger partial charge in [0.1, 0.15) is 11.6 Å². The normalized spacial score (nSPS) is 14.4. The summed E-state index contributed by atoms with van der Waals surface area (Å²) in [6.45, 7) is 7.30. The Labute approximate surface area is 171 Å². The lowest BCUT2D eigenvalue weighted by atomic mass is 10.0. The van der Waals surface area contributed by atoms with Crippen LogP contribution < -0.4 is 9.64 Å². The lowest BCUT2D eigenvalue weighted by molar-refractivity contribution is -0.133. The van der Waals surface area contributed by atoms with E-state index in [9.17, 15) is 4.79 Å². The fraction of sp³-hybridized carbons (Fsp3) is 0.333. The Morgan fingerprint density at radius 2 is 1.79 bits per heavy atom. The highest BCUT2D eigenvalue weighted by molar-refractivity contribution is 5.80. The van der Waals surface area contributed by atoms with Gasteiger partial charge in [0.05, 0.1) is 5.52 Å². The van der Waals surface area contributed by atoms with Crippen LogP contribution in [0.25, 0.3) is 10.9 Å². The number of anilines is 1. The Morgan fingerprint density at radius 1 is 1.00 bits per heavy atom. The first-order chi connectivity index (χ1) is 14.1. The molecular weight excluding hydrogens is 362 g/mol. The third-order valence-electron chi connectivity index (χ3n) is 5.43. The van der Waals surface area contributed by atoms with Crippen LogP contribution in [0.1, 0.15) is 25.3 Å². The van der Waals surface area contributed by atoms with Crippen LogP contribution in [0.4, 0.5) is 5.82 Å². The molecule has 1 fully saturated rings. The van der Waals surface area contributed by atoms with Gasteiger partial charge in [-0.2, -0.15) is 0 Å². The Bertz CT molecular complexity index is 994. The van der Waals surface area contributed by atoms with Gasteiger partial charge in [-0.3, -0.25) is 4.79 Å². The SMILES string of the molecule is CC(C)c1cccc(OCC(=O)N2CCN(c3ccc4ccccc4n3)CC2)c1. The number of hydrogen-bond donors (Lipinski definition) is 0. The minimum atomic E-state index is 0.0334. The molecule has 1 amide bonds. The number of fused-ring (bicyclic) bond motifs is 1. The average Bonchev–Trinajstić information content (AvgIpc) is 2.77. The van der Waals surface area contributed by atoms with E-state index in [0.717, 1.165) is 35.6 Å². The number of amides is 1. The topological polar surface area (TPSA) is 45.7 Å². The molecule has 0 spiro atoms. The van der Waals surface area contributed by atoms with E-state index in [1.807, 2.05) is 41.3 Å². The number of benzene rings is 2. The molecule has 0 radical (unpaired) electrons. The summed E-state index contributed by atoms with van der Waals surface area (Å²) < 4.78 is 5.75. The molecule has 2 heterocycles. The minimum absolute atomic E-state index is 0.0334. The van der Waals surface area contributed by atoms with Crippen molar-refractivity contribution in [2.75, 3.05) is 37.7 Å². The predicted octanol–water partition coefficient (Wildman–Crippen LogP) is 4.09. The molecule has 0 saturated carbocycles. The second kappa shape index (κ2) is 8.52. The maximum Gasteiger partial charge on any atom is 0.260 e. The van der Waals surface area contributed by atoms with E-state index < -0.39 is 0 Å². The summed E-state index contributed by atoms with van der Waals surface area (Å²) in [6, 6.07) is 20.3. The van der Waals surface area contributed by atoms with Gasteiger partial charge in [0, 0.05) is 31.6 Å². The molecule has 1 saturated heterocycles. The molecule has 2 aromatic carbocycles. The number of rotatable bonds is 5. The van der Waals surface area contributed by atoms with Gasteiger partial charge in [-0.25, -0.2) is 4.98 Å². The summed E-state index contributed by atoms with van der Waals surface area (Å²) in [5.41, 5.74) is 2.21. The van der Waals surface area contributed by atoms with Crippen LogP contribution in [0, 0.1) is 0 Å². The van der Waals surface area contributed by atoms with E-state index in [2.05, 4.69) is 43.0 Å². The fourth-order valence-electron chi connectivity index (χ4n) is 3.62. The monoisotopic (exact) mass is 389 g/mol. The van der Waals surface area contributed by atoms with Gasteiger partial charge in [0.25, 0.3) is 5.91 Å². The maximum atomic E-state index is 12.6. The molecule has 0 unspecified atom stereocenters. The Kier molecular flexibility index (Phi) is 5.65. The van der Waals surface area contributed by atoms with Crippen molar-refractivity contribution in [3.63, 3.8) is 0 Å². The Hall–Kier alpha value is -3.08. The van der Waals surface area contributed by atoms with Gasteiger partial charge in [-0.15, -0.1) is 0 Å². The average molecular weight is 389 g/mol. The standard InChI is InChI=1S/C24H27N3O2/c1-18(2)20-7-5-8-21(16-20)29-17-24(28)27-14-12-26(13-15-27)23-11-10-19-6-3-4-9-22(19)25-23/h3-11,16,18H,12-15,17H2,1-2H3. The summed E-state index contributed by atoms with van der Waals surface area (Å²) >= 11 is 0. The molecule has 5 heteroatoms. The van der Waals surface area contributed by atoms with Gasteiger partial charge in [0.2, 0.25) is 0 Å². The van der Waals surface area contributed by atoms with Crippen molar-refractivity contribution < 1.29 is 9.53 Å². The Balaban J connectivity index is 1.31. The molecule has 0 atom stereocenters. The smallest absolute Gasteiger partial charge is 0.260 e. The second-order valence-electron chi connectivity index (χ2n) is 7.75. The van der Waals surface area contributed by atoms with Crippen molar-refractivity contribution in [2.45, 2.75) is 19.8 Å². The molecule has 0 N–H and O–H groups in total. The lowest BCUT2D eigenvalue weighted by Gasteiger charge is -2.35. The predicted molar refractivity (Wildman–Crippen MR) is 117 cm³/mol. The third kappa shape index (κ3) is 4.50. The highest BCUT2D eigenvalue weighted by Gasteiger charge is 2.22. The van der Waals surface area contributed by atoms with E-state index in [0.29, 0.717) is 19.0 Å². The minimum Gasteiger partial charge on any atom is -0.484 e. The van der Waals surface area contributed by atoms with Crippen LogP contribution in [-0.4, -0.2) is 48.6 Å². The van der Waals surface area contributed by atoms with E-state index >= 15 is 0 Å². The van der Waals surface area contributed by atoms with Crippen molar-refractivity contribution in [1.82, 2.24) is 9.88 Å². The van der Waals surface area contributed by atoms with Gasteiger partial charge < -0.3 is 14.5 Å². The molecule has 0 bridgehead atoms. The first-order valence-corrected chi connectivity index (χ1v) is 10.2. The molecule has 150 valence electrons. The number of hydrogen-bond acceptors (Lipinski definition) is 4. The number of ether oxygens (including phenoxy) is 1. The Morgan fingerprint density at radius 3 is 2.59 bits per heavy atom. The van der Waals surface area contributed by atoms with Crippen LogP contribution in [0.5, 0.6) is 5.75 Å². The van der Waals surface area contributed by atoms with Crippen molar-refractivity contribution in [3.8, 4) is 5.75 Å². The van der Waals surface area contributed by atoms with E-state index in [-0.39, 0.29) is 12.5 Å². The largest absolute Gasteiger partial charge is 0.484 e.